The van der Waals surface area contributed by atoms with Gasteiger partial charge in [0.25, 0.3) is 0 Å². The number of pyridine rings is 1. The summed E-state index contributed by atoms with van der Waals surface area (Å²) in [6, 6.07) is 15.9. The quantitative estimate of drug-likeness (QED) is 0.435. The van der Waals surface area contributed by atoms with Crippen LogP contribution in [0, 0.1) is 18.6 Å². The Morgan fingerprint density at radius 3 is 2.63 bits per heavy atom. The Kier molecular flexibility index (Phi) is 6.20. The van der Waals surface area contributed by atoms with E-state index in [1.165, 1.54) is 6.07 Å². The first-order valence-corrected chi connectivity index (χ1v) is 11.3. The van der Waals surface area contributed by atoms with E-state index < -0.39 is 11.6 Å². The predicted molar refractivity (Wildman–Crippen MR) is 134 cm³/mol. The first-order valence-electron chi connectivity index (χ1n) is 11.3. The van der Waals surface area contributed by atoms with Crippen LogP contribution in [-0.4, -0.2) is 21.1 Å². The van der Waals surface area contributed by atoms with Gasteiger partial charge in [-0.25, -0.2) is 23.7 Å². The molecule has 0 saturated carbocycles. The van der Waals surface area contributed by atoms with Crippen molar-refractivity contribution >= 4 is 17.3 Å². The lowest BCUT2D eigenvalue weighted by molar-refractivity contribution is 0.507. The van der Waals surface area contributed by atoms with E-state index in [4.69, 9.17) is 15.7 Å². The topological polar surface area (TPSA) is 80.1 Å². The lowest BCUT2D eigenvalue weighted by Crippen LogP contribution is -2.16. The number of nitrogens with zero attached hydrogens (tertiary/aromatic N) is 4. The van der Waals surface area contributed by atoms with Gasteiger partial charge in [0.2, 0.25) is 5.96 Å². The van der Waals surface area contributed by atoms with Crippen molar-refractivity contribution in [3.8, 4) is 11.3 Å². The number of aliphatic imine (C=N–C) groups is 2. The molecule has 2 aromatic heterocycles. The number of fused-ring (bicyclic) bond motifs is 1. The summed E-state index contributed by atoms with van der Waals surface area (Å²) in [5.41, 5.74) is 12.8. The molecule has 0 saturated heterocycles. The van der Waals surface area contributed by atoms with Crippen LogP contribution in [0.3, 0.4) is 0 Å². The zero-order chi connectivity index (χ0) is 24.4. The van der Waals surface area contributed by atoms with E-state index in [1.54, 1.807) is 6.20 Å². The summed E-state index contributed by atoms with van der Waals surface area (Å²) in [7, 11) is 0. The highest BCUT2D eigenvalue weighted by Crippen LogP contribution is 2.27. The molecule has 0 atom stereocenters. The van der Waals surface area contributed by atoms with Crippen LogP contribution >= 0.6 is 0 Å². The van der Waals surface area contributed by atoms with Gasteiger partial charge >= 0.3 is 0 Å². The van der Waals surface area contributed by atoms with Crippen LogP contribution in [0.15, 0.2) is 83.1 Å². The summed E-state index contributed by atoms with van der Waals surface area (Å²) < 4.78 is 28.9. The summed E-state index contributed by atoms with van der Waals surface area (Å²) in [5.74, 6) is -1.40. The van der Waals surface area contributed by atoms with E-state index in [0.29, 0.717) is 24.5 Å². The Balaban J connectivity index is 1.60. The van der Waals surface area contributed by atoms with Crippen molar-refractivity contribution in [2.24, 2.45) is 15.7 Å². The first-order chi connectivity index (χ1) is 17.0. The minimum Gasteiger partial charge on any atom is -0.331 e. The number of hydrogen-bond donors (Lipinski definition) is 2. The molecular weight excluding hydrogens is 446 g/mol. The number of rotatable bonds is 5. The molecule has 0 amide bonds. The van der Waals surface area contributed by atoms with Crippen LogP contribution in [0.2, 0.25) is 0 Å². The van der Waals surface area contributed by atoms with Crippen molar-refractivity contribution in [3.05, 3.63) is 107 Å². The van der Waals surface area contributed by atoms with Gasteiger partial charge in [-0.3, -0.25) is 4.40 Å². The fourth-order valence-electron chi connectivity index (χ4n) is 3.95. The molecule has 8 heteroatoms. The van der Waals surface area contributed by atoms with Crippen LogP contribution in [0.4, 0.5) is 8.78 Å². The maximum Gasteiger partial charge on any atom is 0.222 e. The molecule has 1 aliphatic rings. The third kappa shape index (κ3) is 4.74. The third-order valence-corrected chi connectivity index (χ3v) is 5.80. The molecule has 3 heterocycles. The monoisotopic (exact) mass is 470 g/mol. The molecular formula is C27H24F2N6. The average molecular weight is 471 g/mol. The summed E-state index contributed by atoms with van der Waals surface area (Å²) in [6.07, 6.45) is 6.26. The number of guanidine groups is 1. The molecule has 1 aliphatic heterocycles. The van der Waals surface area contributed by atoms with Crippen LogP contribution in [-0.2, 0) is 13.1 Å². The molecule has 6 nitrogen and oxygen atoms in total. The highest BCUT2D eigenvalue weighted by Gasteiger charge is 2.20. The van der Waals surface area contributed by atoms with Crippen molar-refractivity contribution in [2.75, 3.05) is 0 Å². The number of hydrogen-bond acceptors (Lipinski definition) is 3. The van der Waals surface area contributed by atoms with Gasteiger partial charge in [0.1, 0.15) is 5.65 Å². The van der Waals surface area contributed by atoms with E-state index in [2.05, 4.69) is 22.4 Å². The van der Waals surface area contributed by atoms with E-state index in [0.717, 1.165) is 51.6 Å². The summed E-state index contributed by atoms with van der Waals surface area (Å²) >= 11 is 0. The van der Waals surface area contributed by atoms with Crippen molar-refractivity contribution < 1.29 is 8.78 Å². The number of halogens is 2. The second-order valence-corrected chi connectivity index (χ2v) is 8.34. The molecule has 3 N–H and O–H groups in total. The highest BCUT2D eigenvalue weighted by molar-refractivity contribution is 6.11. The standard InChI is InChI=1S/C27H24F2N6/c1-17-4-7-20(8-5-17)25-26(35-12-10-18(15-30)14-24(35)34-25)23-3-2-11-31-27(33-23)32-16-19-6-9-21(28)22(29)13-19/h2,4-14H,3,15-16,30H2,1H3,(H,31,32). The molecule has 176 valence electrons. The second kappa shape index (κ2) is 9.60. The Morgan fingerprint density at radius 2 is 1.86 bits per heavy atom. The minimum absolute atomic E-state index is 0.155. The van der Waals surface area contributed by atoms with Gasteiger partial charge < -0.3 is 11.1 Å². The van der Waals surface area contributed by atoms with Crippen LogP contribution in [0.5, 0.6) is 0 Å². The van der Waals surface area contributed by atoms with Gasteiger partial charge in [-0.05, 0) is 42.3 Å². The van der Waals surface area contributed by atoms with E-state index in [-0.39, 0.29) is 6.54 Å². The molecule has 0 aliphatic carbocycles. The molecule has 4 aromatic rings. The zero-order valence-corrected chi connectivity index (χ0v) is 19.2. The fourth-order valence-corrected chi connectivity index (χ4v) is 3.95. The number of imidazole rings is 1. The molecule has 0 radical (unpaired) electrons. The molecule has 0 fully saturated rings. The van der Waals surface area contributed by atoms with Crippen molar-refractivity contribution in [2.45, 2.75) is 26.4 Å². The number of aryl methyl sites for hydroxylation is 1. The molecule has 0 bridgehead atoms. The average Bonchev–Trinajstić information content (AvgIpc) is 3.08. The molecule has 5 rings (SSSR count). The van der Waals surface area contributed by atoms with Crippen molar-refractivity contribution in [1.82, 2.24) is 14.7 Å². The fraction of sp³-hybridized carbons (Fsp3) is 0.148. The summed E-state index contributed by atoms with van der Waals surface area (Å²) in [5, 5.41) is 3.07. The normalized spacial score (nSPS) is 14.7. The summed E-state index contributed by atoms with van der Waals surface area (Å²) in [6.45, 7) is 2.62. The number of benzene rings is 2. The maximum atomic E-state index is 13.6. The van der Waals surface area contributed by atoms with Crippen molar-refractivity contribution in [3.63, 3.8) is 0 Å². The van der Waals surface area contributed by atoms with Gasteiger partial charge in [-0.15, -0.1) is 0 Å². The Hall–Kier alpha value is -4.17. The number of nitrogens with one attached hydrogen (secondary N) is 1. The van der Waals surface area contributed by atoms with Gasteiger partial charge in [0, 0.05) is 30.9 Å². The van der Waals surface area contributed by atoms with Crippen molar-refractivity contribution in [1.29, 1.82) is 0 Å². The number of aromatic nitrogens is 2. The van der Waals surface area contributed by atoms with Crippen LogP contribution in [0.1, 0.15) is 28.8 Å². The number of nitrogens with two attached hydrogens (primary N) is 1. The zero-order valence-electron chi connectivity index (χ0n) is 19.2. The van der Waals surface area contributed by atoms with Crippen LogP contribution in [0.25, 0.3) is 16.9 Å². The highest BCUT2D eigenvalue weighted by atomic mass is 19.2. The minimum atomic E-state index is -0.897. The Bertz CT molecular complexity index is 1480. The van der Waals surface area contributed by atoms with Crippen LogP contribution < -0.4 is 11.1 Å². The Labute approximate surface area is 201 Å². The lowest BCUT2D eigenvalue weighted by Gasteiger charge is -2.08. The van der Waals surface area contributed by atoms with Gasteiger partial charge in [-0.2, -0.15) is 0 Å². The maximum absolute atomic E-state index is 13.6. The predicted octanol–water partition coefficient (Wildman–Crippen LogP) is 4.90. The summed E-state index contributed by atoms with van der Waals surface area (Å²) in [4.78, 5) is 14.2. The Morgan fingerprint density at radius 1 is 1.03 bits per heavy atom. The molecule has 0 unspecified atom stereocenters. The van der Waals surface area contributed by atoms with E-state index in [1.807, 2.05) is 47.9 Å². The smallest absolute Gasteiger partial charge is 0.222 e. The number of allylic oxidation sites excluding steroid dienone is 1. The third-order valence-electron chi connectivity index (χ3n) is 5.80. The first kappa shape index (κ1) is 22.6. The van der Waals surface area contributed by atoms with Gasteiger partial charge in [-0.1, -0.05) is 42.0 Å². The van der Waals surface area contributed by atoms with E-state index >= 15 is 0 Å². The largest absolute Gasteiger partial charge is 0.331 e. The van der Waals surface area contributed by atoms with E-state index in [9.17, 15) is 8.78 Å². The van der Waals surface area contributed by atoms with Gasteiger partial charge in [0.05, 0.1) is 23.6 Å². The second-order valence-electron chi connectivity index (χ2n) is 8.34. The lowest BCUT2D eigenvalue weighted by atomic mass is 10.0. The van der Waals surface area contributed by atoms with Gasteiger partial charge in [0.15, 0.2) is 11.6 Å². The SMILES string of the molecule is Cc1ccc(-c2nc3cc(CN)ccn3c2C2=NC(=NCc3ccc(F)c(F)c3)NC=CC2)cc1. The molecule has 2 aromatic carbocycles. The molecule has 0 spiro atoms. The molecule has 35 heavy (non-hydrogen) atoms.